The van der Waals surface area contributed by atoms with Crippen LogP contribution in [0.5, 0.6) is 0 Å². The number of nitrogens with zero attached hydrogens (tertiary/aromatic N) is 5. The van der Waals surface area contributed by atoms with Crippen molar-refractivity contribution >= 4 is 35.5 Å². The van der Waals surface area contributed by atoms with E-state index in [2.05, 4.69) is 70.2 Å². The summed E-state index contributed by atoms with van der Waals surface area (Å²) in [7, 11) is 0. The summed E-state index contributed by atoms with van der Waals surface area (Å²) in [6.45, 7) is 9.69. The van der Waals surface area contributed by atoms with Crippen molar-refractivity contribution in [3.63, 3.8) is 0 Å². The molecule has 3 atom stereocenters. The maximum absolute atomic E-state index is 13.4. The third-order valence-corrected chi connectivity index (χ3v) is 8.62. The third kappa shape index (κ3) is 6.78. The summed E-state index contributed by atoms with van der Waals surface area (Å²) in [6.07, 6.45) is 11.3. The third-order valence-electron chi connectivity index (χ3n) is 6.95. The van der Waals surface area contributed by atoms with Crippen molar-refractivity contribution in [1.29, 1.82) is 0 Å². The Morgan fingerprint density at radius 3 is 2.59 bits per heavy atom. The number of aryl methyl sites for hydroxylation is 1. The minimum absolute atomic E-state index is 0.301. The van der Waals surface area contributed by atoms with Crippen LogP contribution in [0.2, 0.25) is 0 Å². The number of hydrogen-bond donors (Lipinski definition) is 2. The highest BCUT2D eigenvalue weighted by atomic mass is 32.2. The highest BCUT2D eigenvalue weighted by molar-refractivity contribution is 7.98. The van der Waals surface area contributed by atoms with Gasteiger partial charge < -0.3 is 14.9 Å². The van der Waals surface area contributed by atoms with Gasteiger partial charge in [0, 0.05) is 35.3 Å². The minimum Gasteiger partial charge on any atom is -0.388 e. The fourth-order valence-electron chi connectivity index (χ4n) is 4.82. The zero-order valence-corrected chi connectivity index (χ0v) is 23.8. The summed E-state index contributed by atoms with van der Waals surface area (Å²) < 4.78 is 13.4. The van der Waals surface area contributed by atoms with Crippen LogP contribution in [-0.2, 0) is 0 Å². The molecule has 2 aromatic rings. The monoisotopic (exact) mass is 544 g/mol. The van der Waals surface area contributed by atoms with E-state index in [1.165, 1.54) is 18.8 Å². The normalized spacial score (nSPS) is 22.9. The van der Waals surface area contributed by atoms with E-state index in [1.54, 1.807) is 23.7 Å². The fraction of sp³-hybridized carbons (Fsp3) is 0.519. The van der Waals surface area contributed by atoms with Crippen molar-refractivity contribution in [2.24, 2.45) is 11.0 Å². The van der Waals surface area contributed by atoms with Crippen LogP contribution in [-0.4, -0.2) is 68.6 Å². The maximum Gasteiger partial charge on any atom is 0.225 e. The summed E-state index contributed by atoms with van der Waals surface area (Å²) in [5, 5.41) is 16.6. The maximum atomic E-state index is 13.4. The van der Waals surface area contributed by atoms with Gasteiger partial charge in [0.25, 0.3) is 0 Å². The molecule has 0 saturated carbocycles. The van der Waals surface area contributed by atoms with Gasteiger partial charge in [-0.25, -0.2) is 19.2 Å². The van der Waals surface area contributed by atoms with Crippen LogP contribution < -0.4 is 9.73 Å². The number of aromatic nitrogens is 2. The van der Waals surface area contributed by atoms with Crippen LogP contribution in [0.4, 0.5) is 10.3 Å². The summed E-state index contributed by atoms with van der Waals surface area (Å²) in [6, 6.07) is 5.98. The largest absolute Gasteiger partial charge is 0.388 e. The second-order valence-corrected chi connectivity index (χ2v) is 12.2. The predicted molar refractivity (Wildman–Crippen MR) is 153 cm³/mol. The van der Waals surface area contributed by atoms with Gasteiger partial charge in [0.05, 0.1) is 24.0 Å². The number of hydrogen-bond acceptors (Lipinski definition) is 8. The number of aliphatic hydroxyl groups is 1. The van der Waals surface area contributed by atoms with Crippen LogP contribution in [0.1, 0.15) is 44.7 Å². The Balaban J connectivity index is 1.67. The van der Waals surface area contributed by atoms with Gasteiger partial charge in [-0.1, -0.05) is 31.2 Å². The van der Waals surface area contributed by atoms with Crippen molar-refractivity contribution in [1.82, 2.24) is 19.7 Å². The molecule has 0 radical (unpaired) electrons. The zero-order valence-electron chi connectivity index (χ0n) is 22.2. The summed E-state index contributed by atoms with van der Waals surface area (Å²) in [5.41, 5.74) is 1.15. The van der Waals surface area contributed by atoms with Crippen molar-refractivity contribution in [2.45, 2.75) is 62.3 Å². The molecule has 1 fully saturated rings. The molecule has 3 unspecified atom stereocenters. The number of hydrazone groups is 1. The van der Waals surface area contributed by atoms with E-state index < -0.39 is 11.4 Å². The molecule has 1 aromatic carbocycles. The first kappa shape index (κ1) is 27.7. The van der Waals surface area contributed by atoms with E-state index >= 15 is 0 Å². The van der Waals surface area contributed by atoms with Crippen LogP contribution >= 0.6 is 23.7 Å². The number of halogens is 1. The van der Waals surface area contributed by atoms with Crippen molar-refractivity contribution in [3.8, 4) is 0 Å². The molecule has 0 amide bonds. The number of allylic oxidation sites excluding steroid dienone is 1. The molecule has 1 aliphatic carbocycles. The summed E-state index contributed by atoms with van der Waals surface area (Å²) in [4.78, 5) is 17.0. The van der Waals surface area contributed by atoms with Crippen molar-refractivity contribution < 1.29 is 9.50 Å². The van der Waals surface area contributed by atoms with Gasteiger partial charge in [-0.15, -0.1) is 11.8 Å². The van der Waals surface area contributed by atoms with E-state index in [4.69, 9.17) is 5.10 Å². The average molecular weight is 545 g/mol. The molecule has 0 bridgehead atoms. The second-order valence-electron chi connectivity index (χ2n) is 10.3. The molecule has 10 heteroatoms. The fourth-order valence-corrected chi connectivity index (χ4v) is 6.19. The molecular formula is C27H37FN6OS2. The predicted octanol–water partition coefficient (Wildman–Crippen LogP) is 4.86. The van der Waals surface area contributed by atoms with Gasteiger partial charge in [0.1, 0.15) is 0 Å². The average Bonchev–Trinajstić information content (AvgIpc) is 2.88. The molecule has 37 heavy (non-hydrogen) atoms. The van der Waals surface area contributed by atoms with Crippen LogP contribution in [0.25, 0.3) is 0 Å². The number of piperazine rings is 1. The highest BCUT2D eigenvalue weighted by Crippen LogP contribution is 2.31. The Kier molecular flexibility index (Phi) is 9.03. The Morgan fingerprint density at radius 1 is 1.19 bits per heavy atom. The van der Waals surface area contributed by atoms with Gasteiger partial charge in [0.2, 0.25) is 5.95 Å². The molecular weight excluding hydrogens is 507 g/mol. The molecule has 2 aliphatic rings. The lowest BCUT2D eigenvalue weighted by Crippen LogP contribution is -2.63. The number of anilines is 1. The van der Waals surface area contributed by atoms with Crippen molar-refractivity contribution in [2.75, 3.05) is 30.8 Å². The van der Waals surface area contributed by atoms with E-state index in [-0.39, 0.29) is 6.04 Å². The Labute approximate surface area is 228 Å². The molecule has 200 valence electrons. The van der Waals surface area contributed by atoms with E-state index in [1.807, 2.05) is 18.7 Å². The Hall–Kier alpha value is -2.30. The van der Waals surface area contributed by atoms with Crippen LogP contribution in [0, 0.1) is 18.7 Å². The zero-order chi connectivity index (χ0) is 26.6. The summed E-state index contributed by atoms with van der Waals surface area (Å²) in [5.74, 6) is 1.43. The van der Waals surface area contributed by atoms with Crippen LogP contribution in [0.15, 0.2) is 52.7 Å². The SMILES string of the molecule is CSc1cccc(C)c1/C(=N\NSC1C=CC(C)CC1)N1CCN(c2ncc(F)cn2)CC1C(C)(C)O. The lowest BCUT2D eigenvalue weighted by Gasteiger charge is -2.47. The van der Waals surface area contributed by atoms with E-state index in [0.717, 1.165) is 28.3 Å². The van der Waals surface area contributed by atoms with Crippen LogP contribution in [0.3, 0.4) is 0 Å². The first-order valence-corrected chi connectivity index (χ1v) is 14.8. The minimum atomic E-state index is -1.04. The number of nitrogens with one attached hydrogen (secondary N) is 1. The molecule has 2 N–H and O–H groups in total. The van der Waals surface area contributed by atoms with Crippen molar-refractivity contribution in [3.05, 3.63) is 59.7 Å². The molecule has 2 heterocycles. The first-order chi connectivity index (χ1) is 17.7. The van der Waals surface area contributed by atoms with E-state index in [0.29, 0.717) is 36.8 Å². The lowest BCUT2D eigenvalue weighted by atomic mass is 9.93. The smallest absolute Gasteiger partial charge is 0.225 e. The molecule has 1 saturated heterocycles. The first-order valence-electron chi connectivity index (χ1n) is 12.7. The van der Waals surface area contributed by atoms with Gasteiger partial charge >= 0.3 is 0 Å². The lowest BCUT2D eigenvalue weighted by molar-refractivity contribution is 0.001000. The van der Waals surface area contributed by atoms with Gasteiger partial charge in [-0.3, -0.25) is 0 Å². The summed E-state index contributed by atoms with van der Waals surface area (Å²) >= 11 is 3.32. The molecule has 1 aliphatic heterocycles. The topological polar surface area (TPSA) is 76.9 Å². The molecule has 4 rings (SSSR count). The highest BCUT2D eigenvalue weighted by Gasteiger charge is 2.40. The number of amidine groups is 1. The number of rotatable bonds is 7. The Bertz CT molecular complexity index is 1120. The quantitative estimate of drug-likeness (QED) is 0.128. The van der Waals surface area contributed by atoms with Gasteiger partial charge in [0.15, 0.2) is 11.7 Å². The standard InChI is InChI=1S/C27H37FN6OS2/c1-18-9-11-21(12-10-18)37-32-31-25(24-19(2)7-6-8-22(24)36-5)34-14-13-33(17-23(34)27(3,4)35)26-29-15-20(28)16-30-26/h6-9,11,15-16,18,21,23,32,35H,10,12-14,17H2,1-5H3/b31-25+. The molecule has 0 spiro atoms. The van der Waals surface area contributed by atoms with E-state index in [9.17, 15) is 9.50 Å². The van der Waals surface area contributed by atoms with Gasteiger partial charge in [-0.2, -0.15) is 5.10 Å². The molecule has 1 aromatic heterocycles. The number of benzene rings is 1. The second kappa shape index (κ2) is 12.0. The molecule has 7 nitrogen and oxygen atoms in total. The Morgan fingerprint density at radius 2 is 1.95 bits per heavy atom. The number of thioether (sulfide) groups is 1. The van der Waals surface area contributed by atoms with Gasteiger partial charge in [-0.05, 0) is 69.4 Å².